The monoisotopic (exact) mass is 427 g/mol. The summed E-state index contributed by atoms with van der Waals surface area (Å²) in [7, 11) is 0. The lowest BCUT2D eigenvalue weighted by atomic mass is 9.91. The van der Waals surface area contributed by atoms with Crippen LogP contribution in [0.25, 0.3) is 16.5 Å². The molecule has 3 aromatic rings. The highest BCUT2D eigenvalue weighted by molar-refractivity contribution is 6.46. The molecule has 0 aromatic heterocycles. The van der Waals surface area contributed by atoms with Gasteiger partial charge in [0.15, 0.2) is 0 Å². The van der Waals surface area contributed by atoms with Crippen molar-refractivity contribution in [3.05, 3.63) is 82.9 Å². The van der Waals surface area contributed by atoms with E-state index in [4.69, 9.17) is 4.74 Å². The Morgan fingerprint density at radius 3 is 2.75 bits per heavy atom. The molecule has 1 atom stereocenters. The topological polar surface area (TPSA) is 66.8 Å². The predicted molar refractivity (Wildman–Crippen MR) is 124 cm³/mol. The summed E-state index contributed by atoms with van der Waals surface area (Å²) in [4.78, 5) is 27.8. The molecule has 162 valence electrons. The largest absolute Gasteiger partial charge is 0.507 e. The van der Waals surface area contributed by atoms with Crippen LogP contribution in [0.2, 0.25) is 0 Å². The third-order valence-corrected chi connectivity index (χ3v) is 6.30. The molecule has 5 rings (SSSR count). The molecule has 0 aliphatic carbocycles. The van der Waals surface area contributed by atoms with Crippen LogP contribution < -0.4 is 4.74 Å². The quantitative estimate of drug-likeness (QED) is 0.362. The number of fused-ring (bicyclic) bond motifs is 2. The van der Waals surface area contributed by atoms with Gasteiger partial charge in [-0.2, -0.15) is 0 Å². The zero-order valence-electron chi connectivity index (χ0n) is 18.0. The summed E-state index contributed by atoms with van der Waals surface area (Å²) in [6.45, 7) is 3.10. The van der Waals surface area contributed by atoms with Crippen LogP contribution in [0, 0.1) is 0 Å². The van der Waals surface area contributed by atoms with Crippen LogP contribution in [0.5, 0.6) is 5.75 Å². The fourth-order valence-corrected chi connectivity index (χ4v) is 4.83. The zero-order valence-corrected chi connectivity index (χ0v) is 18.0. The van der Waals surface area contributed by atoms with Crippen molar-refractivity contribution in [2.24, 2.45) is 0 Å². The molecule has 0 spiro atoms. The smallest absolute Gasteiger partial charge is 0.295 e. The normalized spacial score (nSPS) is 19.8. The Morgan fingerprint density at radius 2 is 1.91 bits per heavy atom. The van der Waals surface area contributed by atoms with E-state index in [2.05, 4.69) is 0 Å². The van der Waals surface area contributed by atoms with Crippen molar-refractivity contribution in [1.82, 2.24) is 4.90 Å². The second-order valence-electron chi connectivity index (χ2n) is 8.34. The average molecular weight is 428 g/mol. The first-order valence-corrected chi connectivity index (χ1v) is 11.1. The van der Waals surface area contributed by atoms with E-state index in [-0.39, 0.29) is 11.3 Å². The Morgan fingerprint density at radius 1 is 1.09 bits per heavy atom. The standard InChI is InChI=1S/C27H25NO4/c1-2-14-28-24(21-11-5-8-17-7-3-4-10-20(17)21)23(26(30)27(28)31)25(29)19-12-13-22-18(16-19)9-6-15-32-22/h3-5,7-8,10-13,16,24,29H,2,6,9,14-15H2,1H3/b25-23-. The van der Waals surface area contributed by atoms with E-state index in [0.29, 0.717) is 25.1 Å². The highest BCUT2D eigenvalue weighted by Crippen LogP contribution is 2.42. The second kappa shape index (κ2) is 8.15. The minimum atomic E-state index is -0.636. The van der Waals surface area contributed by atoms with Gasteiger partial charge in [0.1, 0.15) is 11.5 Å². The van der Waals surface area contributed by atoms with Gasteiger partial charge in [-0.25, -0.2) is 0 Å². The summed E-state index contributed by atoms with van der Waals surface area (Å²) in [6.07, 6.45) is 2.48. The molecule has 1 saturated heterocycles. The number of benzene rings is 3. The molecule has 32 heavy (non-hydrogen) atoms. The number of nitrogens with zero attached hydrogens (tertiary/aromatic N) is 1. The molecular weight excluding hydrogens is 402 g/mol. The van der Waals surface area contributed by atoms with E-state index in [1.165, 1.54) is 0 Å². The first-order valence-electron chi connectivity index (χ1n) is 11.1. The number of rotatable bonds is 4. The van der Waals surface area contributed by atoms with E-state index >= 15 is 0 Å². The fourth-order valence-electron chi connectivity index (χ4n) is 4.83. The molecule has 2 heterocycles. The van der Waals surface area contributed by atoms with Crippen LogP contribution in [-0.2, 0) is 16.0 Å². The minimum Gasteiger partial charge on any atom is -0.507 e. The number of aliphatic hydroxyl groups is 1. The summed E-state index contributed by atoms with van der Waals surface area (Å²) in [6, 6.07) is 18.6. The number of carbonyl (C=O) groups excluding carboxylic acids is 2. The number of aryl methyl sites for hydroxylation is 1. The molecular formula is C27H25NO4. The summed E-state index contributed by atoms with van der Waals surface area (Å²) < 4.78 is 5.68. The lowest BCUT2D eigenvalue weighted by Gasteiger charge is -2.26. The Bertz CT molecular complexity index is 1250. The number of aliphatic hydroxyl groups excluding tert-OH is 1. The second-order valence-corrected chi connectivity index (χ2v) is 8.34. The molecule has 1 unspecified atom stereocenters. The summed E-state index contributed by atoms with van der Waals surface area (Å²) in [5.41, 5.74) is 2.54. The number of amides is 1. The molecule has 0 radical (unpaired) electrons. The van der Waals surface area contributed by atoms with Gasteiger partial charge in [-0.05, 0) is 59.4 Å². The van der Waals surface area contributed by atoms with Crippen molar-refractivity contribution in [2.75, 3.05) is 13.2 Å². The first-order chi connectivity index (χ1) is 15.6. The maximum absolute atomic E-state index is 13.2. The minimum absolute atomic E-state index is 0.131. The zero-order chi connectivity index (χ0) is 22.2. The number of Topliss-reactive ketones (excluding diaryl/α,β-unsaturated/α-hetero) is 1. The molecule has 0 bridgehead atoms. The van der Waals surface area contributed by atoms with Gasteiger partial charge >= 0.3 is 0 Å². The number of hydrogen-bond donors (Lipinski definition) is 1. The number of likely N-dealkylation sites (tertiary alicyclic amines) is 1. The third kappa shape index (κ3) is 3.25. The average Bonchev–Trinajstić information content (AvgIpc) is 3.08. The molecule has 1 fully saturated rings. The van der Waals surface area contributed by atoms with Gasteiger partial charge < -0.3 is 14.7 Å². The van der Waals surface area contributed by atoms with Crippen molar-refractivity contribution < 1.29 is 19.4 Å². The molecule has 5 nitrogen and oxygen atoms in total. The van der Waals surface area contributed by atoms with E-state index in [9.17, 15) is 14.7 Å². The number of carbonyl (C=O) groups is 2. The van der Waals surface area contributed by atoms with E-state index < -0.39 is 17.7 Å². The van der Waals surface area contributed by atoms with Gasteiger partial charge in [0.05, 0.1) is 18.2 Å². The summed E-state index contributed by atoms with van der Waals surface area (Å²) in [5.74, 6) is -0.520. The Hall–Kier alpha value is -3.60. The van der Waals surface area contributed by atoms with Crippen LogP contribution in [0.4, 0.5) is 0 Å². The van der Waals surface area contributed by atoms with E-state index in [0.717, 1.165) is 40.5 Å². The molecule has 5 heteroatoms. The van der Waals surface area contributed by atoms with E-state index in [1.807, 2.05) is 61.5 Å². The molecule has 2 aliphatic heterocycles. The van der Waals surface area contributed by atoms with Crippen LogP contribution >= 0.6 is 0 Å². The Labute approximate surface area is 186 Å². The number of ether oxygens (including phenoxy) is 1. The van der Waals surface area contributed by atoms with Gasteiger partial charge in [-0.3, -0.25) is 9.59 Å². The SMILES string of the molecule is CCCN1C(=O)C(=O)/C(=C(\O)c2ccc3c(c2)CCCO3)C1c1cccc2ccccc12. The van der Waals surface area contributed by atoms with Crippen molar-refractivity contribution >= 4 is 28.2 Å². The van der Waals surface area contributed by atoms with Crippen molar-refractivity contribution in [3.8, 4) is 5.75 Å². The molecule has 2 aliphatic rings. The van der Waals surface area contributed by atoms with Gasteiger partial charge in [-0.15, -0.1) is 0 Å². The van der Waals surface area contributed by atoms with Crippen LogP contribution in [0.15, 0.2) is 66.2 Å². The molecule has 3 aromatic carbocycles. The lowest BCUT2D eigenvalue weighted by Crippen LogP contribution is -2.30. The Kier molecular flexibility index (Phi) is 5.17. The first kappa shape index (κ1) is 20.3. The van der Waals surface area contributed by atoms with Crippen LogP contribution in [-0.4, -0.2) is 34.8 Å². The highest BCUT2D eigenvalue weighted by atomic mass is 16.5. The van der Waals surface area contributed by atoms with Crippen molar-refractivity contribution in [1.29, 1.82) is 0 Å². The van der Waals surface area contributed by atoms with Crippen LogP contribution in [0.1, 0.15) is 42.5 Å². The van der Waals surface area contributed by atoms with Crippen molar-refractivity contribution in [2.45, 2.75) is 32.2 Å². The van der Waals surface area contributed by atoms with E-state index in [1.54, 1.807) is 11.0 Å². The van der Waals surface area contributed by atoms with Gasteiger partial charge in [-0.1, -0.05) is 49.4 Å². The summed E-state index contributed by atoms with van der Waals surface area (Å²) >= 11 is 0. The molecule has 1 N–H and O–H groups in total. The maximum Gasteiger partial charge on any atom is 0.295 e. The Balaban J connectivity index is 1.71. The fraction of sp³-hybridized carbons (Fsp3) is 0.259. The van der Waals surface area contributed by atoms with Crippen molar-refractivity contribution in [3.63, 3.8) is 0 Å². The predicted octanol–water partition coefficient (Wildman–Crippen LogP) is 5.00. The molecule has 1 amide bonds. The van der Waals surface area contributed by atoms with Gasteiger partial charge in [0.25, 0.3) is 11.7 Å². The van der Waals surface area contributed by atoms with Gasteiger partial charge in [0, 0.05) is 12.1 Å². The summed E-state index contributed by atoms with van der Waals surface area (Å²) in [5, 5.41) is 13.3. The number of ketones is 1. The lowest BCUT2D eigenvalue weighted by molar-refractivity contribution is -0.139. The van der Waals surface area contributed by atoms with Gasteiger partial charge in [0.2, 0.25) is 0 Å². The van der Waals surface area contributed by atoms with Crippen LogP contribution in [0.3, 0.4) is 0 Å². The maximum atomic E-state index is 13.2. The molecule has 0 saturated carbocycles. The third-order valence-electron chi connectivity index (χ3n) is 6.30. The highest BCUT2D eigenvalue weighted by Gasteiger charge is 2.46. The number of hydrogen-bond acceptors (Lipinski definition) is 4.